The summed E-state index contributed by atoms with van der Waals surface area (Å²) in [5.41, 5.74) is 2.51. The van der Waals surface area contributed by atoms with Crippen LogP contribution in [0.4, 0.5) is 0 Å². The van der Waals surface area contributed by atoms with Crippen molar-refractivity contribution in [2.24, 2.45) is 5.92 Å². The standard InChI is InChI=1S/C18H20O/c1-2-18(19)17(13-15-9-5-3-6-10-15)14-16-11-7-4-8-12-16/h2-12,17-19H,1,13-14H2. The second-order valence-corrected chi connectivity index (χ2v) is 4.87. The predicted molar refractivity (Wildman–Crippen MR) is 80.0 cm³/mol. The molecule has 1 N–H and O–H groups in total. The fourth-order valence-electron chi connectivity index (χ4n) is 2.34. The molecule has 0 aliphatic carbocycles. The van der Waals surface area contributed by atoms with Gasteiger partial charge in [-0.15, -0.1) is 6.58 Å². The maximum absolute atomic E-state index is 10.1. The van der Waals surface area contributed by atoms with Crippen LogP contribution >= 0.6 is 0 Å². The highest BCUT2D eigenvalue weighted by atomic mass is 16.3. The molecule has 2 rings (SSSR count). The summed E-state index contributed by atoms with van der Waals surface area (Å²) in [5.74, 6) is 0.169. The molecule has 1 heteroatoms. The lowest BCUT2D eigenvalue weighted by Gasteiger charge is -2.20. The van der Waals surface area contributed by atoms with Crippen LogP contribution in [0.3, 0.4) is 0 Å². The first-order valence-corrected chi connectivity index (χ1v) is 6.68. The van der Waals surface area contributed by atoms with E-state index in [1.54, 1.807) is 6.08 Å². The summed E-state index contributed by atoms with van der Waals surface area (Å²) in [6.07, 6.45) is 2.89. The normalized spacial score (nSPS) is 12.3. The highest BCUT2D eigenvalue weighted by Crippen LogP contribution is 2.18. The van der Waals surface area contributed by atoms with Crippen molar-refractivity contribution < 1.29 is 5.11 Å². The summed E-state index contributed by atoms with van der Waals surface area (Å²) in [4.78, 5) is 0. The number of aliphatic hydroxyl groups excluding tert-OH is 1. The maximum atomic E-state index is 10.1. The van der Waals surface area contributed by atoms with Gasteiger partial charge in [-0.2, -0.15) is 0 Å². The molecule has 0 amide bonds. The monoisotopic (exact) mass is 252 g/mol. The van der Waals surface area contributed by atoms with Gasteiger partial charge in [0.2, 0.25) is 0 Å². The third-order valence-electron chi connectivity index (χ3n) is 3.41. The minimum Gasteiger partial charge on any atom is -0.389 e. The van der Waals surface area contributed by atoms with E-state index in [-0.39, 0.29) is 5.92 Å². The average molecular weight is 252 g/mol. The number of aliphatic hydroxyl groups is 1. The summed E-state index contributed by atoms with van der Waals surface area (Å²) in [5, 5.41) is 10.1. The minimum atomic E-state index is -0.472. The van der Waals surface area contributed by atoms with Crippen LogP contribution < -0.4 is 0 Å². The van der Waals surface area contributed by atoms with Gasteiger partial charge < -0.3 is 5.11 Å². The van der Waals surface area contributed by atoms with Crippen LogP contribution in [0.15, 0.2) is 73.3 Å². The first-order valence-electron chi connectivity index (χ1n) is 6.68. The molecule has 2 aromatic carbocycles. The average Bonchev–Trinajstić information content (AvgIpc) is 2.48. The number of benzene rings is 2. The Bertz CT molecular complexity index is 448. The summed E-state index contributed by atoms with van der Waals surface area (Å²) < 4.78 is 0. The molecule has 0 spiro atoms. The van der Waals surface area contributed by atoms with Gasteiger partial charge in [0.1, 0.15) is 0 Å². The fourth-order valence-corrected chi connectivity index (χ4v) is 2.34. The fraction of sp³-hybridized carbons (Fsp3) is 0.222. The quantitative estimate of drug-likeness (QED) is 0.778. The van der Waals surface area contributed by atoms with Gasteiger partial charge in [-0.1, -0.05) is 66.7 Å². The molecule has 0 aromatic heterocycles. The van der Waals surface area contributed by atoms with Crippen LogP contribution in [0.25, 0.3) is 0 Å². The van der Waals surface area contributed by atoms with Crippen molar-refractivity contribution in [2.75, 3.05) is 0 Å². The van der Waals surface area contributed by atoms with Crippen molar-refractivity contribution in [3.63, 3.8) is 0 Å². The molecule has 0 aliphatic heterocycles. The molecule has 98 valence electrons. The zero-order valence-electron chi connectivity index (χ0n) is 11.1. The summed E-state index contributed by atoms with van der Waals surface area (Å²) in [6.45, 7) is 3.71. The van der Waals surface area contributed by atoms with Gasteiger partial charge in [0, 0.05) is 0 Å². The van der Waals surface area contributed by atoms with E-state index in [0.717, 1.165) is 12.8 Å². The Balaban J connectivity index is 2.10. The SMILES string of the molecule is C=CC(O)C(Cc1ccccc1)Cc1ccccc1. The van der Waals surface area contributed by atoms with Crippen LogP contribution in [0, 0.1) is 5.92 Å². The van der Waals surface area contributed by atoms with Gasteiger partial charge in [-0.05, 0) is 29.9 Å². The molecular formula is C18H20O. The highest BCUT2D eigenvalue weighted by Gasteiger charge is 2.17. The summed E-state index contributed by atoms with van der Waals surface area (Å²) in [7, 11) is 0. The van der Waals surface area contributed by atoms with E-state index in [4.69, 9.17) is 0 Å². The molecular weight excluding hydrogens is 232 g/mol. The number of rotatable bonds is 6. The Kier molecular flexibility index (Phi) is 4.93. The van der Waals surface area contributed by atoms with E-state index in [0.29, 0.717) is 0 Å². The van der Waals surface area contributed by atoms with Crippen molar-refractivity contribution in [2.45, 2.75) is 18.9 Å². The van der Waals surface area contributed by atoms with E-state index < -0.39 is 6.10 Å². The first kappa shape index (κ1) is 13.6. The van der Waals surface area contributed by atoms with Gasteiger partial charge in [0.05, 0.1) is 6.10 Å². The smallest absolute Gasteiger partial charge is 0.0752 e. The van der Waals surface area contributed by atoms with Crippen LogP contribution in [-0.2, 0) is 12.8 Å². The van der Waals surface area contributed by atoms with Gasteiger partial charge in [0.25, 0.3) is 0 Å². The van der Waals surface area contributed by atoms with Gasteiger partial charge in [-0.25, -0.2) is 0 Å². The molecule has 0 saturated carbocycles. The lowest BCUT2D eigenvalue weighted by atomic mass is 9.88. The maximum Gasteiger partial charge on any atom is 0.0752 e. The Hall–Kier alpha value is -1.86. The molecule has 1 unspecified atom stereocenters. The van der Waals surface area contributed by atoms with E-state index in [2.05, 4.69) is 30.8 Å². The second kappa shape index (κ2) is 6.91. The van der Waals surface area contributed by atoms with E-state index in [1.165, 1.54) is 11.1 Å². The Morgan fingerprint density at radius 3 is 1.63 bits per heavy atom. The van der Waals surface area contributed by atoms with Crippen molar-refractivity contribution in [1.29, 1.82) is 0 Å². The number of hydrogen-bond donors (Lipinski definition) is 1. The van der Waals surface area contributed by atoms with Gasteiger partial charge >= 0.3 is 0 Å². The molecule has 0 aliphatic rings. The zero-order valence-corrected chi connectivity index (χ0v) is 11.1. The van der Waals surface area contributed by atoms with Crippen LogP contribution in [-0.4, -0.2) is 11.2 Å². The lowest BCUT2D eigenvalue weighted by Crippen LogP contribution is -2.22. The van der Waals surface area contributed by atoms with E-state index in [9.17, 15) is 5.11 Å². The van der Waals surface area contributed by atoms with Crippen LogP contribution in [0.2, 0.25) is 0 Å². The molecule has 19 heavy (non-hydrogen) atoms. The van der Waals surface area contributed by atoms with E-state index >= 15 is 0 Å². The summed E-state index contributed by atoms with van der Waals surface area (Å²) in [6, 6.07) is 20.6. The molecule has 0 saturated heterocycles. The van der Waals surface area contributed by atoms with Crippen LogP contribution in [0.5, 0.6) is 0 Å². The van der Waals surface area contributed by atoms with Crippen molar-refractivity contribution in [1.82, 2.24) is 0 Å². The highest BCUT2D eigenvalue weighted by molar-refractivity contribution is 5.19. The summed E-state index contributed by atoms with van der Waals surface area (Å²) >= 11 is 0. The molecule has 1 nitrogen and oxygen atoms in total. The molecule has 2 aromatic rings. The van der Waals surface area contributed by atoms with Gasteiger partial charge in [-0.3, -0.25) is 0 Å². The van der Waals surface area contributed by atoms with Crippen molar-refractivity contribution in [3.05, 3.63) is 84.4 Å². The molecule has 0 radical (unpaired) electrons. The molecule has 0 fully saturated rings. The van der Waals surface area contributed by atoms with Gasteiger partial charge in [0.15, 0.2) is 0 Å². The van der Waals surface area contributed by atoms with Crippen molar-refractivity contribution in [3.8, 4) is 0 Å². The molecule has 0 heterocycles. The van der Waals surface area contributed by atoms with E-state index in [1.807, 2.05) is 36.4 Å². The largest absolute Gasteiger partial charge is 0.389 e. The molecule has 1 atom stereocenters. The Morgan fingerprint density at radius 1 is 0.842 bits per heavy atom. The minimum absolute atomic E-state index is 0.169. The topological polar surface area (TPSA) is 20.2 Å². The first-order chi connectivity index (χ1) is 9.29. The number of hydrogen-bond acceptors (Lipinski definition) is 1. The predicted octanol–water partition coefficient (Wildman–Crippen LogP) is 3.63. The third-order valence-corrected chi connectivity index (χ3v) is 3.41. The second-order valence-electron chi connectivity index (χ2n) is 4.87. The molecule has 0 bridgehead atoms. The Labute approximate surface area is 115 Å². The lowest BCUT2D eigenvalue weighted by molar-refractivity contribution is 0.152. The third kappa shape index (κ3) is 4.08. The Morgan fingerprint density at radius 2 is 1.26 bits per heavy atom. The van der Waals surface area contributed by atoms with Crippen LogP contribution in [0.1, 0.15) is 11.1 Å². The van der Waals surface area contributed by atoms with Crippen molar-refractivity contribution >= 4 is 0 Å². The zero-order chi connectivity index (χ0) is 13.5.